The summed E-state index contributed by atoms with van der Waals surface area (Å²) in [5.41, 5.74) is 8.66. The first kappa shape index (κ1) is 9.77. The normalized spacial score (nSPS) is 10.5. The molecular weight excluding hydrogens is 186 g/mol. The molecule has 2 aromatic rings. The van der Waals surface area contributed by atoms with E-state index in [0.717, 1.165) is 29.9 Å². The van der Waals surface area contributed by atoms with Crippen LogP contribution in [-0.4, -0.2) is 9.97 Å². The lowest BCUT2D eigenvalue weighted by atomic mass is 10.2. The quantitative estimate of drug-likeness (QED) is 0.750. The van der Waals surface area contributed by atoms with E-state index >= 15 is 0 Å². The first-order valence-corrected chi connectivity index (χ1v) is 5.19. The van der Waals surface area contributed by atoms with Gasteiger partial charge >= 0.3 is 0 Å². The molecule has 0 aliphatic heterocycles. The third kappa shape index (κ3) is 2.18. The molecule has 0 atom stereocenters. The van der Waals surface area contributed by atoms with Gasteiger partial charge in [0.1, 0.15) is 5.82 Å². The minimum atomic E-state index is 0.777. The first-order chi connectivity index (χ1) is 7.29. The molecular formula is C12H15N3. The molecule has 1 aromatic heterocycles. The van der Waals surface area contributed by atoms with Crippen molar-refractivity contribution in [1.82, 2.24) is 9.97 Å². The molecule has 0 aliphatic carbocycles. The number of aryl methyl sites for hydroxylation is 1. The van der Waals surface area contributed by atoms with Gasteiger partial charge in [-0.2, -0.15) is 0 Å². The van der Waals surface area contributed by atoms with Crippen molar-refractivity contribution in [3.05, 3.63) is 36.2 Å². The van der Waals surface area contributed by atoms with Crippen molar-refractivity contribution in [3.8, 4) is 11.4 Å². The average Bonchev–Trinajstić information content (AvgIpc) is 2.68. The van der Waals surface area contributed by atoms with E-state index in [9.17, 15) is 0 Å². The third-order valence-corrected chi connectivity index (χ3v) is 2.33. The number of hydrogen-bond acceptors (Lipinski definition) is 2. The summed E-state index contributed by atoms with van der Waals surface area (Å²) in [6.45, 7) is 2.16. The predicted molar refractivity (Wildman–Crippen MR) is 62.4 cm³/mol. The van der Waals surface area contributed by atoms with Gasteiger partial charge in [-0.1, -0.05) is 13.3 Å². The molecule has 3 nitrogen and oxygen atoms in total. The van der Waals surface area contributed by atoms with Crippen LogP contribution in [0, 0.1) is 0 Å². The number of nitrogens with two attached hydrogens (primary N) is 1. The maximum Gasteiger partial charge on any atom is 0.137 e. The second kappa shape index (κ2) is 4.17. The number of benzene rings is 1. The number of hydrogen-bond donors (Lipinski definition) is 2. The van der Waals surface area contributed by atoms with Gasteiger partial charge in [-0.05, 0) is 30.7 Å². The van der Waals surface area contributed by atoms with E-state index in [1.54, 1.807) is 0 Å². The van der Waals surface area contributed by atoms with Crippen molar-refractivity contribution >= 4 is 5.69 Å². The Balaban J connectivity index is 2.25. The fraction of sp³-hybridized carbons (Fsp3) is 0.250. The number of nitrogens with zero attached hydrogens (tertiary/aromatic N) is 1. The molecule has 78 valence electrons. The minimum absolute atomic E-state index is 0.777. The van der Waals surface area contributed by atoms with Crippen LogP contribution in [0.25, 0.3) is 11.4 Å². The molecule has 2 rings (SSSR count). The van der Waals surface area contributed by atoms with E-state index in [0.29, 0.717) is 0 Å². The highest BCUT2D eigenvalue weighted by molar-refractivity contribution is 5.58. The lowest BCUT2D eigenvalue weighted by molar-refractivity contribution is 0.893. The Morgan fingerprint density at radius 3 is 2.67 bits per heavy atom. The molecule has 0 aliphatic rings. The highest BCUT2D eigenvalue weighted by Crippen LogP contribution is 2.17. The summed E-state index contributed by atoms with van der Waals surface area (Å²) in [7, 11) is 0. The largest absolute Gasteiger partial charge is 0.399 e. The van der Waals surface area contributed by atoms with Gasteiger partial charge in [0.25, 0.3) is 0 Å². The summed E-state index contributed by atoms with van der Waals surface area (Å²) in [5.74, 6) is 0.915. The summed E-state index contributed by atoms with van der Waals surface area (Å²) in [6, 6.07) is 7.72. The van der Waals surface area contributed by atoms with Crippen LogP contribution in [0.3, 0.4) is 0 Å². The zero-order valence-corrected chi connectivity index (χ0v) is 8.83. The molecule has 0 saturated carbocycles. The van der Waals surface area contributed by atoms with Crippen LogP contribution in [0.15, 0.2) is 30.5 Å². The van der Waals surface area contributed by atoms with E-state index in [2.05, 4.69) is 16.9 Å². The SMILES string of the molecule is CCCc1cnc(-c2ccc(N)cc2)[nH]1. The molecule has 1 aromatic carbocycles. The lowest BCUT2D eigenvalue weighted by Crippen LogP contribution is -1.86. The highest BCUT2D eigenvalue weighted by atomic mass is 14.9. The van der Waals surface area contributed by atoms with Crippen LogP contribution in [0.4, 0.5) is 5.69 Å². The molecule has 0 fully saturated rings. The molecule has 1 heterocycles. The molecule has 0 unspecified atom stereocenters. The Bertz CT molecular complexity index is 428. The number of nitrogen functional groups attached to an aromatic ring is 1. The fourth-order valence-corrected chi connectivity index (χ4v) is 1.54. The van der Waals surface area contributed by atoms with Gasteiger partial charge in [0.05, 0.1) is 0 Å². The van der Waals surface area contributed by atoms with E-state index < -0.39 is 0 Å². The van der Waals surface area contributed by atoms with E-state index in [1.807, 2.05) is 30.5 Å². The van der Waals surface area contributed by atoms with Crippen molar-refractivity contribution in [2.24, 2.45) is 0 Å². The Hall–Kier alpha value is -1.77. The van der Waals surface area contributed by atoms with Crippen LogP contribution in [0.1, 0.15) is 19.0 Å². The van der Waals surface area contributed by atoms with E-state index in [-0.39, 0.29) is 0 Å². The summed E-state index contributed by atoms with van der Waals surface area (Å²) >= 11 is 0. The van der Waals surface area contributed by atoms with Gasteiger partial charge in [0, 0.05) is 23.1 Å². The minimum Gasteiger partial charge on any atom is -0.399 e. The van der Waals surface area contributed by atoms with Crippen LogP contribution in [-0.2, 0) is 6.42 Å². The van der Waals surface area contributed by atoms with Gasteiger partial charge in [0.2, 0.25) is 0 Å². The van der Waals surface area contributed by atoms with Gasteiger partial charge in [-0.25, -0.2) is 4.98 Å². The maximum absolute atomic E-state index is 5.63. The summed E-state index contributed by atoms with van der Waals surface area (Å²) < 4.78 is 0. The molecule has 15 heavy (non-hydrogen) atoms. The predicted octanol–water partition coefficient (Wildman–Crippen LogP) is 2.61. The zero-order valence-electron chi connectivity index (χ0n) is 8.83. The van der Waals surface area contributed by atoms with Gasteiger partial charge in [-0.15, -0.1) is 0 Å². The average molecular weight is 201 g/mol. The van der Waals surface area contributed by atoms with E-state index in [4.69, 9.17) is 5.73 Å². The van der Waals surface area contributed by atoms with Crippen molar-refractivity contribution in [3.63, 3.8) is 0 Å². The standard InChI is InChI=1S/C12H15N3/c1-2-3-11-8-14-12(15-11)9-4-6-10(13)7-5-9/h4-8H,2-3,13H2,1H3,(H,14,15). The summed E-state index contributed by atoms with van der Waals surface area (Å²) in [4.78, 5) is 7.64. The number of nitrogens with one attached hydrogen (secondary N) is 1. The van der Waals surface area contributed by atoms with Crippen molar-refractivity contribution < 1.29 is 0 Å². The van der Waals surface area contributed by atoms with Crippen molar-refractivity contribution in [2.45, 2.75) is 19.8 Å². The molecule has 3 N–H and O–H groups in total. The molecule has 0 amide bonds. The fourth-order valence-electron chi connectivity index (χ4n) is 1.54. The van der Waals surface area contributed by atoms with Crippen molar-refractivity contribution in [2.75, 3.05) is 5.73 Å². The number of aromatic nitrogens is 2. The number of anilines is 1. The smallest absolute Gasteiger partial charge is 0.137 e. The van der Waals surface area contributed by atoms with Crippen LogP contribution in [0.2, 0.25) is 0 Å². The maximum atomic E-state index is 5.63. The topological polar surface area (TPSA) is 54.7 Å². The monoisotopic (exact) mass is 201 g/mol. The molecule has 0 radical (unpaired) electrons. The first-order valence-electron chi connectivity index (χ1n) is 5.19. The number of imidazole rings is 1. The zero-order chi connectivity index (χ0) is 10.7. The molecule has 3 heteroatoms. The Kier molecular flexibility index (Phi) is 2.72. The number of aromatic amines is 1. The summed E-state index contributed by atoms with van der Waals surface area (Å²) in [5, 5.41) is 0. The molecule has 0 bridgehead atoms. The van der Waals surface area contributed by atoms with Gasteiger partial charge < -0.3 is 10.7 Å². The van der Waals surface area contributed by atoms with E-state index in [1.165, 1.54) is 5.69 Å². The second-order valence-corrected chi connectivity index (χ2v) is 3.63. The Morgan fingerprint density at radius 2 is 2.00 bits per heavy atom. The third-order valence-electron chi connectivity index (χ3n) is 2.33. The molecule has 0 saturated heterocycles. The van der Waals surface area contributed by atoms with Crippen LogP contribution in [0.5, 0.6) is 0 Å². The number of rotatable bonds is 3. The number of H-pyrrole nitrogens is 1. The molecule has 0 spiro atoms. The lowest BCUT2D eigenvalue weighted by Gasteiger charge is -1.97. The Labute approximate surface area is 89.4 Å². The summed E-state index contributed by atoms with van der Waals surface area (Å²) in [6.07, 6.45) is 4.07. The van der Waals surface area contributed by atoms with Crippen LogP contribution >= 0.6 is 0 Å². The van der Waals surface area contributed by atoms with Gasteiger partial charge in [-0.3, -0.25) is 0 Å². The highest BCUT2D eigenvalue weighted by Gasteiger charge is 2.02. The van der Waals surface area contributed by atoms with Crippen LogP contribution < -0.4 is 5.73 Å². The second-order valence-electron chi connectivity index (χ2n) is 3.63. The Morgan fingerprint density at radius 1 is 1.27 bits per heavy atom. The van der Waals surface area contributed by atoms with Crippen molar-refractivity contribution in [1.29, 1.82) is 0 Å². The van der Waals surface area contributed by atoms with Gasteiger partial charge in [0.15, 0.2) is 0 Å².